The lowest BCUT2D eigenvalue weighted by atomic mass is 10.1. The normalized spacial score (nSPS) is 12.4. The van der Waals surface area contributed by atoms with Crippen molar-refractivity contribution in [3.63, 3.8) is 0 Å². The van der Waals surface area contributed by atoms with Crippen molar-refractivity contribution in [3.8, 4) is 0 Å². The molecule has 0 fully saturated rings. The zero-order chi connectivity index (χ0) is 14.7. The van der Waals surface area contributed by atoms with Crippen LogP contribution < -0.4 is 11.3 Å². The van der Waals surface area contributed by atoms with Crippen LogP contribution in [0.1, 0.15) is 23.7 Å². The highest BCUT2D eigenvalue weighted by Gasteiger charge is 2.08. The molecule has 0 aliphatic rings. The maximum Gasteiger partial charge on any atom is 0.251 e. The Labute approximate surface area is 122 Å². The highest BCUT2D eigenvalue weighted by atomic mass is 32.2. The van der Waals surface area contributed by atoms with Gasteiger partial charge >= 0.3 is 0 Å². The predicted molar refractivity (Wildman–Crippen MR) is 80.0 cm³/mol. The second kappa shape index (κ2) is 6.19. The summed E-state index contributed by atoms with van der Waals surface area (Å²) in [6.45, 7) is 5.76. The van der Waals surface area contributed by atoms with E-state index in [9.17, 15) is 4.79 Å². The van der Waals surface area contributed by atoms with E-state index in [0.29, 0.717) is 10.9 Å². The van der Waals surface area contributed by atoms with Gasteiger partial charge in [-0.1, -0.05) is 6.07 Å². The van der Waals surface area contributed by atoms with Crippen LogP contribution in [-0.4, -0.2) is 21.0 Å². The van der Waals surface area contributed by atoms with E-state index in [4.69, 9.17) is 5.73 Å². The molecule has 0 spiro atoms. The Bertz CT molecular complexity index is 666. The Balaban J connectivity index is 2.23. The second-order valence-electron chi connectivity index (χ2n) is 4.94. The van der Waals surface area contributed by atoms with Gasteiger partial charge in [-0.3, -0.25) is 4.79 Å². The van der Waals surface area contributed by atoms with Crippen molar-refractivity contribution < 1.29 is 0 Å². The molecule has 2 aromatic heterocycles. The standard InChI is InChI=1S/C14H18N4OS/c1-8-4-11(5-9(2)15)7-16-13(8)20-14-17-10(3)6-12(19)18-14/h4,6-7,9H,5,15H2,1-3H3,(H,17,18,19). The van der Waals surface area contributed by atoms with E-state index in [1.165, 1.54) is 17.8 Å². The summed E-state index contributed by atoms with van der Waals surface area (Å²) >= 11 is 1.36. The number of hydrogen-bond acceptors (Lipinski definition) is 5. The molecular weight excluding hydrogens is 272 g/mol. The van der Waals surface area contributed by atoms with Gasteiger partial charge in [0, 0.05) is 24.0 Å². The summed E-state index contributed by atoms with van der Waals surface area (Å²) in [6, 6.07) is 3.66. The highest BCUT2D eigenvalue weighted by molar-refractivity contribution is 7.99. The van der Waals surface area contributed by atoms with Gasteiger partial charge in [0.1, 0.15) is 5.03 Å². The summed E-state index contributed by atoms with van der Waals surface area (Å²) in [7, 11) is 0. The smallest absolute Gasteiger partial charge is 0.251 e. The zero-order valence-corrected chi connectivity index (χ0v) is 12.6. The Kier molecular flexibility index (Phi) is 4.57. The molecule has 0 aliphatic carbocycles. The fourth-order valence-electron chi connectivity index (χ4n) is 1.90. The minimum absolute atomic E-state index is 0.115. The van der Waals surface area contributed by atoms with Crippen molar-refractivity contribution in [1.29, 1.82) is 0 Å². The van der Waals surface area contributed by atoms with Gasteiger partial charge < -0.3 is 10.7 Å². The lowest BCUT2D eigenvalue weighted by Crippen LogP contribution is -2.18. The first-order valence-electron chi connectivity index (χ1n) is 6.41. The van der Waals surface area contributed by atoms with Gasteiger partial charge in [-0.25, -0.2) is 9.97 Å². The average molecular weight is 290 g/mol. The molecule has 106 valence electrons. The van der Waals surface area contributed by atoms with Crippen LogP contribution in [0, 0.1) is 13.8 Å². The Morgan fingerprint density at radius 1 is 1.40 bits per heavy atom. The van der Waals surface area contributed by atoms with Crippen LogP contribution in [0.15, 0.2) is 33.3 Å². The minimum Gasteiger partial charge on any atom is -0.328 e. The maximum absolute atomic E-state index is 11.4. The first-order valence-corrected chi connectivity index (χ1v) is 7.22. The fraction of sp³-hybridized carbons (Fsp3) is 0.357. The number of aryl methyl sites for hydroxylation is 2. The molecule has 6 heteroatoms. The van der Waals surface area contributed by atoms with Gasteiger partial charge in [0.25, 0.3) is 5.56 Å². The van der Waals surface area contributed by atoms with E-state index < -0.39 is 0 Å². The summed E-state index contributed by atoms with van der Waals surface area (Å²) in [4.78, 5) is 22.8. The monoisotopic (exact) mass is 290 g/mol. The van der Waals surface area contributed by atoms with Gasteiger partial charge in [-0.15, -0.1) is 0 Å². The molecule has 0 saturated carbocycles. The average Bonchev–Trinajstić information content (AvgIpc) is 2.30. The first-order chi connectivity index (χ1) is 9.44. The molecule has 1 unspecified atom stereocenters. The Morgan fingerprint density at radius 2 is 2.15 bits per heavy atom. The molecule has 0 aromatic carbocycles. The number of pyridine rings is 1. The van der Waals surface area contributed by atoms with Crippen LogP contribution in [0.3, 0.4) is 0 Å². The number of nitrogens with zero attached hydrogens (tertiary/aromatic N) is 2. The van der Waals surface area contributed by atoms with Crippen molar-refractivity contribution in [2.45, 2.75) is 43.4 Å². The Hall–Kier alpha value is -1.66. The largest absolute Gasteiger partial charge is 0.328 e. The van der Waals surface area contributed by atoms with E-state index in [1.54, 1.807) is 6.92 Å². The SMILES string of the molecule is Cc1cc(=O)[nH]c(Sc2ncc(CC(C)N)cc2C)n1. The number of rotatable bonds is 4. The Morgan fingerprint density at radius 3 is 2.75 bits per heavy atom. The van der Waals surface area contributed by atoms with Crippen molar-refractivity contribution in [2.75, 3.05) is 0 Å². The minimum atomic E-state index is -0.147. The molecule has 1 atom stereocenters. The van der Waals surface area contributed by atoms with Crippen molar-refractivity contribution in [1.82, 2.24) is 15.0 Å². The molecule has 20 heavy (non-hydrogen) atoms. The highest BCUT2D eigenvalue weighted by Crippen LogP contribution is 2.25. The molecule has 2 heterocycles. The summed E-state index contributed by atoms with van der Waals surface area (Å²) in [5.74, 6) is 0. The van der Waals surface area contributed by atoms with Crippen LogP contribution in [-0.2, 0) is 6.42 Å². The molecule has 0 aliphatic heterocycles. The quantitative estimate of drug-likeness (QED) is 0.839. The molecule has 0 radical (unpaired) electrons. The zero-order valence-electron chi connectivity index (χ0n) is 11.8. The van der Waals surface area contributed by atoms with Crippen molar-refractivity contribution in [2.24, 2.45) is 5.73 Å². The lowest BCUT2D eigenvalue weighted by Gasteiger charge is -2.08. The van der Waals surface area contributed by atoms with E-state index in [1.807, 2.05) is 20.0 Å². The summed E-state index contributed by atoms with van der Waals surface area (Å²) in [5.41, 5.74) is 8.51. The van der Waals surface area contributed by atoms with Gasteiger partial charge in [0.05, 0.1) is 0 Å². The number of nitrogens with two attached hydrogens (primary N) is 1. The number of H-pyrrole nitrogens is 1. The molecule has 2 rings (SSSR count). The maximum atomic E-state index is 11.4. The van der Waals surface area contributed by atoms with Gasteiger partial charge in [0.15, 0.2) is 5.16 Å². The summed E-state index contributed by atoms with van der Waals surface area (Å²) in [6.07, 6.45) is 2.63. The van der Waals surface area contributed by atoms with Gasteiger partial charge in [0.2, 0.25) is 0 Å². The molecule has 3 N–H and O–H groups in total. The van der Waals surface area contributed by atoms with Crippen molar-refractivity contribution >= 4 is 11.8 Å². The van der Waals surface area contributed by atoms with Gasteiger partial charge in [-0.2, -0.15) is 0 Å². The summed E-state index contributed by atoms with van der Waals surface area (Å²) < 4.78 is 0. The molecule has 0 amide bonds. The van der Waals surface area contributed by atoms with Crippen LogP contribution >= 0.6 is 11.8 Å². The van der Waals surface area contributed by atoms with Crippen LogP contribution in [0.4, 0.5) is 0 Å². The molecule has 2 aromatic rings. The third kappa shape index (κ3) is 3.91. The van der Waals surface area contributed by atoms with E-state index >= 15 is 0 Å². The van der Waals surface area contributed by atoms with E-state index in [2.05, 4.69) is 21.0 Å². The molecule has 0 bridgehead atoms. The fourth-order valence-corrected chi connectivity index (χ4v) is 2.75. The third-order valence-electron chi connectivity index (χ3n) is 2.69. The summed E-state index contributed by atoms with van der Waals surface area (Å²) in [5, 5.41) is 1.40. The second-order valence-corrected chi connectivity index (χ2v) is 5.92. The number of nitrogens with one attached hydrogen (secondary N) is 1. The lowest BCUT2D eigenvalue weighted by molar-refractivity contribution is 0.732. The first kappa shape index (κ1) is 14.7. The molecular formula is C14H18N4OS. The number of aromatic amines is 1. The van der Waals surface area contributed by atoms with Gasteiger partial charge in [-0.05, 0) is 50.1 Å². The van der Waals surface area contributed by atoms with E-state index in [0.717, 1.165) is 22.6 Å². The van der Waals surface area contributed by atoms with Crippen LogP contribution in [0.25, 0.3) is 0 Å². The number of hydrogen-bond donors (Lipinski definition) is 2. The molecule has 0 saturated heterocycles. The molecule has 5 nitrogen and oxygen atoms in total. The predicted octanol–water partition coefficient (Wildman–Crippen LogP) is 1.82. The van der Waals surface area contributed by atoms with Crippen LogP contribution in [0.2, 0.25) is 0 Å². The topological polar surface area (TPSA) is 84.7 Å². The van der Waals surface area contributed by atoms with Crippen molar-refractivity contribution in [3.05, 3.63) is 45.5 Å². The number of aromatic nitrogens is 3. The van der Waals surface area contributed by atoms with Crippen LogP contribution in [0.5, 0.6) is 0 Å². The van der Waals surface area contributed by atoms with E-state index in [-0.39, 0.29) is 11.6 Å². The third-order valence-corrected chi connectivity index (χ3v) is 3.69.